The molecule has 1 unspecified atom stereocenters. The lowest BCUT2D eigenvalue weighted by Gasteiger charge is -2.24. The van der Waals surface area contributed by atoms with Gasteiger partial charge in [-0.25, -0.2) is 0 Å². The second-order valence-electron chi connectivity index (χ2n) is 5.08. The molecule has 0 heterocycles. The zero-order valence-electron chi connectivity index (χ0n) is 12.0. The summed E-state index contributed by atoms with van der Waals surface area (Å²) in [5.74, 6) is 0.111. The van der Waals surface area contributed by atoms with Crippen LogP contribution in [0.5, 0.6) is 0 Å². The van der Waals surface area contributed by atoms with E-state index in [1.165, 1.54) is 0 Å². The van der Waals surface area contributed by atoms with Crippen LogP contribution in [0.4, 0.5) is 0 Å². The summed E-state index contributed by atoms with van der Waals surface area (Å²) in [6.45, 7) is 2.46. The molecule has 4 heteroatoms. The zero-order chi connectivity index (χ0) is 15.4. The van der Waals surface area contributed by atoms with Gasteiger partial charge in [0, 0.05) is 21.1 Å². The highest BCUT2D eigenvalue weighted by atomic mass is 79.9. The van der Waals surface area contributed by atoms with Crippen LogP contribution in [0.3, 0.4) is 0 Å². The van der Waals surface area contributed by atoms with Crippen molar-refractivity contribution in [2.24, 2.45) is 0 Å². The van der Waals surface area contributed by atoms with Gasteiger partial charge in [-0.15, -0.1) is 0 Å². The van der Waals surface area contributed by atoms with E-state index in [9.17, 15) is 4.79 Å². The Hall–Kier alpha value is -1.16. The molecule has 21 heavy (non-hydrogen) atoms. The zero-order valence-corrected chi connectivity index (χ0v) is 14.4. The Morgan fingerprint density at radius 2 is 1.90 bits per heavy atom. The van der Waals surface area contributed by atoms with E-state index in [0.717, 1.165) is 20.6 Å². The van der Waals surface area contributed by atoms with E-state index >= 15 is 0 Å². The highest BCUT2D eigenvalue weighted by molar-refractivity contribution is 9.10. The summed E-state index contributed by atoms with van der Waals surface area (Å²) in [6, 6.07) is 15.4. The lowest BCUT2D eigenvalue weighted by molar-refractivity contribution is 0.0924. The van der Waals surface area contributed by atoms with Crippen LogP contribution in [-0.2, 0) is 0 Å². The van der Waals surface area contributed by atoms with Gasteiger partial charge < -0.3 is 0 Å². The molecule has 0 bridgehead atoms. The summed E-state index contributed by atoms with van der Waals surface area (Å²) in [7, 11) is 1.95. The summed E-state index contributed by atoms with van der Waals surface area (Å²) >= 11 is 9.29. The van der Waals surface area contributed by atoms with Gasteiger partial charge in [0.05, 0.1) is 6.54 Å². The Morgan fingerprint density at radius 3 is 2.52 bits per heavy atom. The minimum Gasteiger partial charge on any atom is -0.293 e. The number of benzene rings is 2. The number of hydrogen-bond acceptors (Lipinski definition) is 2. The Bertz CT molecular complexity index is 627. The van der Waals surface area contributed by atoms with Crippen LogP contribution in [0.1, 0.15) is 28.9 Å². The molecule has 0 spiro atoms. The SMILES string of the molecule is CC(c1ccc(Cl)cc1)N(C)CC(=O)c1cccc(Br)c1. The van der Waals surface area contributed by atoms with Gasteiger partial charge in [-0.05, 0) is 43.8 Å². The third-order valence-electron chi connectivity index (χ3n) is 3.55. The number of likely N-dealkylation sites (N-methyl/N-ethyl adjacent to an activating group) is 1. The average molecular weight is 367 g/mol. The number of nitrogens with zero attached hydrogens (tertiary/aromatic N) is 1. The fourth-order valence-electron chi connectivity index (χ4n) is 2.11. The molecule has 1 atom stereocenters. The van der Waals surface area contributed by atoms with Gasteiger partial charge in [0.15, 0.2) is 5.78 Å². The van der Waals surface area contributed by atoms with E-state index in [1.807, 2.05) is 60.5 Å². The van der Waals surface area contributed by atoms with E-state index in [4.69, 9.17) is 11.6 Å². The Balaban J connectivity index is 2.05. The lowest BCUT2D eigenvalue weighted by atomic mass is 10.1. The molecule has 0 saturated heterocycles. The molecule has 2 aromatic rings. The van der Waals surface area contributed by atoms with Gasteiger partial charge >= 0.3 is 0 Å². The first-order valence-corrected chi connectivity index (χ1v) is 7.89. The first kappa shape index (κ1) is 16.2. The predicted octanol–water partition coefficient (Wildman–Crippen LogP) is 4.98. The molecule has 0 radical (unpaired) electrons. The highest BCUT2D eigenvalue weighted by Crippen LogP contribution is 2.21. The van der Waals surface area contributed by atoms with Crippen molar-refractivity contribution in [1.29, 1.82) is 0 Å². The van der Waals surface area contributed by atoms with Crippen LogP contribution in [-0.4, -0.2) is 24.3 Å². The van der Waals surface area contributed by atoms with E-state index in [1.54, 1.807) is 0 Å². The van der Waals surface area contributed by atoms with E-state index < -0.39 is 0 Å². The Labute approximate surface area is 138 Å². The Kier molecular flexibility index (Phi) is 5.57. The summed E-state index contributed by atoms with van der Waals surface area (Å²) in [5, 5.41) is 0.721. The molecule has 0 aliphatic carbocycles. The van der Waals surface area contributed by atoms with E-state index in [-0.39, 0.29) is 11.8 Å². The van der Waals surface area contributed by atoms with Crippen LogP contribution < -0.4 is 0 Å². The normalized spacial score (nSPS) is 12.4. The molecule has 2 rings (SSSR count). The standard InChI is InChI=1S/C17H17BrClNO/c1-12(13-6-8-16(19)9-7-13)20(2)11-17(21)14-4-3-5-15(18)10-14/h3-10,12H,11H2,1-2H3. The van der Waals surface area contributed by atoms with E-state index in [2.05, 4.69) is 22.9 Å². The summed E-state index contributed by atoms with van der Waals surface area (Å²) in [5.41, 5.74) is 1.86. The quantitative estimate of drug-likeness (QED) is 0.696. The maximum atomic E-state index is 12.3. The largest absolute Gasteiger partial charge is 0.293 e. The molecular formula is C17H17BrClNO. The fraction of sp³-hybridized carbons (Fsp3) is 0.235. The van der Waals surface area contributed by atoms with Gasteiger partial charge in [0.2, 0.25) is 0 Å². The molecular weight excluding hydrogens is 350 g/mol. The number of rotatable bonds is 5. The van der Waals surface area contributed by atoms with Gasteiger partial charge in [0.25, 0.3) is 0 Å². The number of halogens is 2. The van der Waals surface area contributed by atoms with Crippen LogP contribution in [0, 0.1) is 0 Å². The molecule has 2 nitrogen and oxygen atoms in total. The predicted molar refractivity (Wildman–Crippen MR) is 91.0 cm³/mol. The lowest BCUT2D eigenvalue weighted by Crippen LogP contribution is -2.28. The molecule has 0 saturated carbocycles. The van der Waals surface area contributed by atoms with Crippen molar-refractivity contribution in [3.05, 3.63) is 69.2 Å². The maximum Gasteiger partial charge on any atom is 0.176 e. The van der Waals surface area contributed by atoms with Gasteiger partial charge in [-0.2, -0.15) is 0 Å². The highest BCUT2D eigenvalue weighted by Gasteiger charge is 2.16. The first-order valence-electron chi connectivity index (χ1n) is 6.72. The van der Waals surface area contributed by atoms with Crippen molar-refractivity contribution in [1.82, 2.24) is 4.90 Å². The number of carbonyl (C=O) groups excluding carboxylic acids is 1. The molecule has 0 N–H and O–H groups in total. The fourth-order valence-corrected chi connectivity index (χ4v) is 2.64. The van der Waals surface area contributed by atoms with Crippen molar-refractivity contribution >= 4 is 33.3 Å². The number of hydrogen-bond donors (Lipinski definition) is 0. The van der Waals surface area contributed by atoms with Crippen LogP contribution in [0.15, 0.2) is 53.0 Å². The monoisotopic (exact) mass is 365 g/mol. The topological polar surface area (TPSA) is 20.3 Å². The summed E-state index contributed by atoms with van der Waals surface area (Å²) < 4.78 is 0.918. The van der Waals surface area contributed by atoms with Crippen LogP contribution >= 0.6 is 27.5 Å². The van der Waals surface area contributed by atoms with Crippen molar-refractivity contribution in [3.8, 4) is 0 Å². The maximum absolute atomic E-state index is 12.3. The second-order valence-corrected chi connectivity index (χ2v) is 6.43. The minimum atomic E-state index is 0.111. The number of carbonyl (C=O) groups is 1. The van der Waals surface area contributed by atoms with E-state index in [0.29, 0.717) is 6.54 Å². The summed E-state index contributed by atoms with van der Waals surface area (Å²) in [6.07, 6.45) is 0. The number of Topliss-reactive ketones (excluding diaryl/α,β-unsaturated/α-hetero) is 1. The third kappa shape index (κ3) is 4.40. The smallest absolute Gasteiger partial charge is 0.176 e. The second kappa shape index (κ2) is 7.21. The minimum absolute atomic E-state index is 0.111. The molecule has 0 aromatic heterocycles. The van der Waals surface area contributed by atoms with Crippen molar-refractivity contribution in [2.45, 2.75) is 13.0 Å². The number of ketones is 1. The Morgan fingerprint density at radius 1 is 1.24 bits per heavy atom. The average Bonchev–Trinajstić information content (AvgIpc) is 2.47. The van der Waals surface area contributed by atoms with Gasteiger partial charge in [-0.1, -0.05) is 51.8 Å². The van der Waals surface area contributed by atoms with Crippen molar-refractivity contribution in [2.75, 3.05) is 13.6 Å². The molecule has 0 amide bonds. The van der Waals surface area contributed by atoms with Gasteiger partial charge in [-0.3, -0.25) is 9.69 Å². The first-order chi connectivity index (χ1) is 9.97. The molecule has 110 valence electrons. The van der Waals surface area contributed by atoms with Crippen LogP contribution in [0.2, 0.25) is 5.02 Å². The molecule has 2 aromatic carbocycles. The summed E-state index contributed by atoms with van der Waals surface area (Å²) in [4.78, 5) is 14.3. The molecule has 0 aliphatic rings. The van der Waals surface area contributed by atoms with Gasteiger partial charge in [0.1, 0.15) is 0 Å². The molecule has 0 aliphatic heterocycles. The van der Waals surface area contributed by atoms with Crippen molar-refractivity contribution < 1.29 is 4.79 Å². The molecule has 0 fully saturated rings. The van der Waals surface area contributed by atoms with Crippen molar-refractivity contribution in [3.63, 3.8) is 0 Å². The third-order valence-corrected chi connectivity index (χ3v) is 4.30. The van der Waals surface area contributed by atoms with Crippen LogP contribution in [0.25, 0.3) is 0 Å².